The van der Waals surface area contributed by atoms with Gasteiger partial charge in [-0.1, -0.05) is 25.7 Å². The fraction of sp³-hybridized carbons (Fsp3) is 0.905. The highest BCUT2D eigenvalue weighted by molar-refractivity contribution is 5.85. The first-order chi connectivity index (χ1) is 13.1. The number of hydrogen-bond donors (Lipinski definition) is 2. The summed E-state index contributed by atoms with van der Waals surface area (Å²) in [5.41, 5.74) is 0.319. The van der Waals surface area contributed by atoms with E-state index in [1.807, 2.05) is 0 Å². The smallest absolute Gasteiger partial charge is 0.243 e. The van der Waals surface area contributed by atoms with Gasteiger partial charge >= 0.3 is 0 Å². The predicted octanol–water partition coefficient (Wildman–Crippen LogP) is 2.15. The zero-order chi connectivity index (χ0) is 18.9. The van der Waals surface area contributed by atoms with Crippen molar-refractivity contribution in [2.45, 2.75) is 69.9 Å². The summed E-state index contributed by atoms with van der Waals surface area (Å²) >= 11 is 0. The van der Waals surface area contributed by atoms with Gasteiger partial charge < -0.3 is 20.3 Å². The number of rotatable bonds is 5. The van der Waals surface area contributed by atoms with Gasteiger partial charge in [0, 0.05) is 44.6 Å². The SMILES string of the molecule is CN(C)C(=O)CN=C(NCC1CCCCC1)NC1C2CCOC2C12CCC2. The van der Waals surface area contributed by atoms with Crippen molar-refractivity contribution >= 4 is 11.9 Å². The minimum absolute atomic E-state index is 0.0443. The Labute approximate surface area is 163 Å². The lowest BCUT2D eigenvalue weighted by Gasteiger charge is -2.63. The van der Waals surface area contributed by atoms with Crippen molar-refractivity contribution in [1.82, 2.24) is 15.5 Å². The number of ether oxygens (including phenoxy) is 1. The molecule has 3 atom stereocenters. The highest BCUT2D eigenvalue weighted by Gasteiger charge is 2.66. The summed E-state index contributed by atoms with van der Waals surface area (Å²) in [4.78, 5) is 18.3. The van der Waals surface area contributed by atoms with Crippen LogP contribution in [-0.4, -0.2) is 62.7 Å². The molecule has 1 heterocycles. The molecule has 0 aromatic carbocycles. The first-order valence-electron chi connectivity index (χ1n) is 11.0. The minimum atomic E-state index is 0.0443. The van der Waals surface area contributed by atoms with Crippen LogP contribution < -0.4 is 10.6 Å². The molecule has 3 unspecified atom stereocenters. The van der Waals surface area contributed by atoms with Crippen LogP contribution in [0.5, 0.6) is 0 Å². The highest BCUT2D eigenvalue weighted by Crippen LogP contribution is 2.62. The molecule has 1 amide bonds. The molecule has 152 valence electrons. The van der Waals surface area contributed by atoms with Crippen LogP contribution in [0.2, 0.25) is 0 Å². The highest BCUT2D eigenvalue weighted by atomic mass is 16.5. The van der Waals surface area contributed by atoms with Crippen molar-refractivity contribution in [1.29, 1.82) is 0 Å². The van der Waals surface area contributed by atoms with Gasteiger partial charge in [-0.05, 0) is 38.0 Å². The second kappa shape index (κ2) is 7.98. The van der Waals surface area contributed by atoms with E-state index in [-0.39, 0.29) is 12.5 Å². The van der Waals surface area contributed by atoms with Gasteiger partial charge in [0.25, 0.3) is 0 Å². The van der Waals surface area contributed by atoms with E-state index < -0.39 is 0 Å². The van der Waals surface area contributed by atoms with Gasteiger partial charge in [-0.25, -0.2) is 4.99 Å². The Morgan fingerprint density at radius 2 is 1.93 bits per heavy atom. The molecule has 1 aliphatic heterocycles. The Balaban J connectivity index is 1.40. The summed E-state index contributed by atoms with van der Waals surface area (Å²) in [5.74, 6) is 2.22. The lowest BCUT2D eigenvalue weighted by molar-refractivity contribution is -0.171. The van der Waals surface area contributed by atoms with Crippen LogP contribution in [0.15, 0.2) is 4.99 Å². The Morgan fingerprint density at radius 1 is 1.15 bits per heavy atom. The average molecular weight is 377 g/mol. The average Bonchev–Trinajstić information content (AvgIpc) is 3.05. The Kier molecular flexibility index (Phi) is 5.62. The quantitative estimate of drug-likeness (QED) is 0.570. The van der Waals surface area contributed by atoms with Crippen molar-refractivity contribution in [3.8, 4) is 0 Å². The van der Waals surface area contributed by atoms with Crippen LogP contribution in [0.4, 0.5) is 0 Å². The summed E-state index contributed by atoms with van der Waals surface area (Å²) in [6.45, 7) is 2.07. The molecule has 0 bridgehead atoms. The molecule has 6 heteroatoms. The van der Waals surface area contributed by atoms with Crippen molar-refractivity contribution in [2.24, 2.45) is 22.2 Å². The summed E-state index contributed by atoms with van der Waals surface area (Å²) in [7, 11) is 3.58. The number of carbonyl (C=O) groups is 1. The van der Waals surface area contributed by atoms with E-state index in [2.05, 4.69) is 15.6 Å². The van der Waals surface area contributed by atoms with Crippen LogP contribution >= 0.6 is 0 Å². The van der Waals surface area contributed by atoms with Gasteiger partial charge in [-0.2, -0.15) is 0 Å². The largest absolute Gasteiger partial charge is 0.377 e. The number of fused-ring (bicyclic) bond motifs is 2. The number of guanidine groups is 1. The Hall–Kier alpha value is -1.30. The number of amides is 1. The summed E-state index contributed by atoms with van der Waals surface area (Å²) in [6.07, 6.45) is 12.1. The minimum Gasteiger partial charge on any atom is -0.377 e. The molecule has 0 aromatic rings. The molecule has 27 heavy (non-hydrogen) atoms. The van der Waals surface area contributed by atoms with Gasteiger partial charge in [-0.15, -0.1) is 0 Å². The van der Waals surface area contributed by atoms with Crippen molar-refractivity contribution in [3.63, 3.8) is 0 Å². The Morgan fingerprint density at radius 3 is 2.59 bits per heavy atom. The Bertz CT molecular complexity index is 567. The zero-order valence-electron chi connectivity index (χ0n) is 17.0. The van der Waals surface area contributed by atoms with E-state index in [1.54, 1.807) is 19.0 Å². The normalized spacial score (nSPS) is 32.4. The fourth-order valence-corrected chi connectivity index (χ4v) is 5.68. The molecule has 6 nitrogen and oxygen atoms in total. The van der Waals surface area contributed by atoms with Crippen LogP contribution in [0.25, 0.3) is 0 Å². The van der Waals surface area contributed by atoms with Gasteiger partial charge in [0.2, 0.25) is 5.91 Å². The third-order valence-corrected chi connectivity index (χ3v) is 7.48. The number of nitrogens with zero attached hydrogens (tertiary/aromatic N) is 2. The maximum atomic E-state index is 12.0. The molecule has 1 spiro atoms. The second-order valence-electron chi connectivity index (χ2n) is 9.29. The number of likely N-dealkylation sites (N-methyl/N-ethyl adjacent to an activating group) is 1. The molecule has 3 aliphatic carbocycles. The molecule has 0 aromatic heterocycles. The van der Waals surface area contributed by atoms with Crippen LogP contribution in [0.1, 0.15) is 57.8 Å². The summed E-state index contributed by atoms with van der Waals surface area (Å²) in [5, 5.41) is 7.32. The number of aliphatic imine (C=N–C) groups is 1. The molecular weight excluding hydrogens is 340 g/mol. The van der Waals surface area contributed by atoms with E-state index in [1.165, 1.54) is 51.4 Å². The van der Waals surface area contributed by atoms with E-state index in [0.29, 0.717) is 23.5 Å². The monoisotopic (exact) mass is 376 g/mol. The maximum Gasteiger partial charge on any atom is 0.243 e. The molecule has 0 radical (unpaired) electrons. The molecule has 3 saturated carbocycles. The van der Waals surface area contributed by atoms with Gasteiger partial charge in [-0.3, -0.25) is 4.79 Å². The third-order valence-electron chi connectivity index (χ3n) is 7.48. The topological polar surface area (TPSA) is 66.0 Å². The predicted molar refractivity (Wildman–Crippen MR) is 107 cm³/mol. The van der Waals surface area contributed by atoms with Crippen molar-refractivity contribution in [2.75, 3.05) is 33.8 Å². The summed E-state index contributed by atoms with van der Waals surface area (Å²) < 4.78 is 6.05. The van der Waals surface area contributed by atoms with E-state index in [0.717, 1.165) is 31.4 Å². The van der Waals surface area contributed by atoms with E-state index in [9.17, 15) is 4.79 Å². The van der Waals surface area contributed by atoms with Gasteiger partial charge in [0.05, 0.1) is 6.10 Å². The van der Waals surface area contributed by atoms with Crippen molar-refractivity contribution < 1.29 is 9.53 Å². The maximum absolute atomic E-state index is 12.0. The molecule has 4 aliphatic rings. The fourth-order valence-electron chi connectivity index (χ4n) is 5.68. The molecule has 4 rings (SSSR count). The number of carbonyl (C=O) groups excluding carboxylic acids is 1. The van der Waals surface area contributed by atoms with E-state index in [4.69, 9.17) is 4.74 Å². The first-order valence-corrected chi connectivity index (χ1v) is 11.0. The van der Waals surface area contributed by atoms with Crippen molar-refractivity contribution in [3.05, 3.63) is 0 Å². The van der Waals surface area contributed by atoms with Gasteiger partial charge in [0.1, 0.15) is 6.54 Å². The van der Waals surface area contributed by atoms with Crippen LogP contribution in [-0.2, 0) is 9.53 Å². The van der Waals surface area contributed by atoms with E-state index >= 15 is 0 Å². The van der Waals surface area contributed by atoms with Crippen LogP contribution in [0.3, 0.4) is 0 Å². The first kappa shape index (κ1) is 19.0. The molecule has 4 fully saturated rings. The van der Waals surface area contributed by atoms with Gasteiger partial charge in [0.15, 0.2) is 5.96 Å². The zero-order valence-corrected chi connectivity index (χ0v) is 17.0. The number of nitrogens with one attached hydrogen (secondary N) is 2. The van der Waals surface area contributed by atoms with Crippen LogP contribution in [0, 0.1) is 17.3 Å². The standard InChI is InChI=1S/C21H36N4O2/c1-25(2)17(26)14-23-20(22-13-15-7-4-3-5-8-15)24-18-16-9-12-27-19(16)21(18)10-6-11-21/h15-16,18-19H,3-14H2,1-2H3,(H2,22,23,24). The third kappa shape index (κ3) is 3.69. The molecule has 1 saturated heterocycles. The molecule has 2 N–H and O–H groups in total. The summed E-state index contributed by atoms with van der Waals surface area (Å²) in [6, 6.07) is 0.450. The molecular formula is C21H36N4O2. The second-order valence-corrected chi connectivity index (χ2v) is 9.29. The number of hydrogen-bond acceptors (Lipinski definition) is 3. The lowest BCUT2D eigenvalue weighted by Crippen LogP contribution is -2.72. The lowest BCUT2D eigenvalue weighted by atomic mass is 9.46.